The number of nitrogens with zero attached hydrogens (tertiary/aromatic N) is 2. The summed E-state index contributed by atoms with van der Waals surface area (Å²) in [5.74, 6) is 0. The fourth-order valence-electron chi connectivity index (χ4n) is 9.44. The summed E-state index contributed by atoms with van der Waals surface area (Å²) in [5, 5.41) is 4.60. The summed E-state index contributed by atoms with van der Waals surface area (Å²) in [7, 11) is 0. The first-order valence-corrected chi connectivity index (χ1v) is 21.5. The summed E-state index contributed by atoms with van der Waals surface area (Å²) in [6.45, 7) is 0. The summed E-state index contributed by atoms with van der Waals surface area (Å²) in [5.41, 5.74) is 17.5. The van der Waals surface area contributed by atoms with Gasteiger partial charge in [-0.05, 0) is 94.0 Å². The number of hydrogen-bond acceptors (Lipinski definition) is 2. The van der Waals surface area contributed by atoms with Gasteiger partial charge in [0.1, 0.15) is 11.2 Å². The molecule has 0 aliphatic heterocycles. The SMILES string of the molecule is c1ccc(-c2ccc(-c3ccc(N(c4ccc(-c5ccccc5)cc4)c4ccc(-c5ccccc5-n5c6ccccc6c6ccccc65)c5oc6ccccc6c45)cc3)cc2)cc1. The van der Waals surface area contributed by atoms with E-state index in [2.05, 4.69) is 252 Å². The summed E-state index contributed by atoms with van der Waals surface area (Å²) in [6.07, 6.45) is 0. The Morgan fingerprint density at radius 3 is 1.30 bits per heavy atom. The van der Waals surface area contributed by atoms with E-state index in [1.165, 1.54) is 49.6 Å². The minimum atomic E-state index is 0.850. The van der Waals surface area contributed by atoms with E-state index >= 15 is 0 Å². The van der Waals surface area contributed by atoms with Crippen molar-refractivity contribution in [3.05, 3.63) is 243 Å². The molecule has 0 saturated carbocycles. The molecule has 2 aromatic heterocycles. The number of furan rings is 1. The van der Waals surface area contributed by atoms with E-state index in [0.717, 1.165) is 61.4 Å². The largest absolute Gasteiger partial charge is 0.455 e. The highest BCUT2D eigenvalue weighted by molar-refractivity contribution is 6.18. The molecule has 0 unspecified atom stereocenters. The maximum atomic E-state index is 7.01. The zero-order valence-electron chi connectivity index (χ0n) is 34.4. The van der Waals surface area contributed by atoms with Gasteiger partial charge in [-0.2, -0.15) is 0 Å². The van der Waals surface area contributed by atoms with Gasteiger partial charge in [-0.15, -0.1) is 0 Å². The van der Waals surface area contributed by atoms with Crippen molar-refractivity contribution < 1.29 is 4.42 Å². The first kappa shape index (κ1) is 36.5. The number of anilines is 3. The van der Waals surface area contributed by atoms with E-state index in [-0.39, 0.29) is 0 Å². The van der Waals surface area contributed by atoms with E-state index in [1.807, 2.05) is 0 Å². The van der Waals surface area contributed by atoms with Crippen LogP contribution in [0.4, 0.5) is 17.1 Å². The van der Waals surface area contributed by atoms with Crippen LogP contribution in [0, 0.1) is 0 Å². The molecule has 12 rings (SSSR count). The third-order valence-electron chi connectivity index (χ3n) is 12.4. The molecular weight excluding hydrogens is 765 g/mol. The molecule has 0 fully saturated rings. The van der Waals surface area contributed by atoms with Gasteiger partial charge in [-0.25, -0.2) is 0 Å². The number of benzene rings is 10. The molecular formula is C60H40N2O. The van der Waals surface area contributed by atoms with E-state index in [9.17, 15) is 0 Å². The summed E-state index contributed by atoms with van der Waals surface area (Å²) < 4.78 is 9.41. The van der Waals surface area contributed by atoms with Gasteiger partial charge in [0.2, 0.25) is 0 Å². The second-order valence-corrected chi connectivity index (χ2v) is 16.1. The molecule has 0 atom stereocenters. The lowest BCUT2D eigenvalue weighted by Gasteiger charge is -2.27. The van der Waals surface area contributed by atoms with Crippen molar-refractivity contribution >= 4 is 60.8 Å². The standard InChI is InChI=1S/C60H40N2O/c1-3-15-41(16-4-1)43-27-29-44(30-28-43)46-33-37-48(38-34-46)61(47-35-31-45(32-36-47)42-17-5-2-6-18-42)57-40-39-52(60-59(57)53-22-10-14-26-58(53)63-60)51-21-9-13-25-56(51)62-54-23-11-7-19-49(54)50-20-8-12-24-55(50)62/h1-40H. The Bertz CT molecular complexity index is 3530. The molecule has 0 aliphatic carbocycles. The second kappa shape index (κ2) is 15.3. The third-order valence-corrected chi connectivity index (χ3v) is 12.4. The zero-order chi connectivity index (χ0) is 41.7. The molecule has 0 bridgehead atoms. The normalized spacial score (nSPS) is 11.5. The topological polar surface area (TPSA) is 21.3 Å². The zero-order valence-corrected chi connectivity index (χ0v) is 34.4. The van der Waals surface area contributed by atoms with Crippen LogP contribution in [-0.4, -0.2) is 4.57 Å². The highest BCUT2D eigenvalue weighted by atomic mass is 16.3. The maximum Gasteiger partial charge on any atom is 0.145 e. The molecule has 10 aromatic carbocycles. The molecule has 0 saturated heterocycles. The molecule has 0 spiro atoms. The monoisotopic (exact) mass is 804 g/mol. The van der Waals surface area contributed by atoms with Gasteiger partial charge >= 0.3 is 0 Å². The van der Waals surface area contributed by atoms with Crippen molar-refractivity contribution in [1.29, 1.82) is 0 Å². The molecule has 0 amide bonds. The van der Waals surface area contributed by atoms with Crippen molar-refractivity contribution in [2.45, 2.75) is 0 Å². The Labute approximate surface area is 366 Å². The minimum absolute atomic E-state index is 0.850. The average molecular weight is 805 g/mol. The van der Waals surface area contributed by atoms with Crippen LogP contribution in [-0.2, 0) is 0 Å². The molecule has 296 valence electrons. The number of hydrogen-bond donors (Lipinski definition) is 0. The summed E-state index contributed by atoms with van der Waals surface area (Å²) in [4.78, 5) is 2.38. The Morgan fingerprint density at radius 2 is 0.746 bits per heavy atom. The Kier molecular flexibility index (Phi) is 8.83. The second-order valence-electron chi connectivity index (χ2n) is 16.1. The number of rotatable bonds is 8. The first-order chi connectivity index (χ1) is 31.3. The molecule has 0 N–H and O–H groups in total. The van der Waals surface area contributed by atoms with Gasteiger partial charge in [0.25, 0.3) is 0 Å². The lowest BCUT2D eigenvalue weighted by Crippen LogP contribution is -2.10. The molecule has 63 heavy (non-hydrogen) atoms. The van der Waals surface area contributed by atoms with Gasteiger partial charge in [-0.3, -0.25) is 0 Å². The third kappa shape index (κ3) is 6.29. The molecule has 3 nitrogen and oxygen atoms in total. The van der Waals surface area contributed by atoms with Crippen LogP contribution >= 0.6 is 0 Å². The highest BCUT2D eigenvalue weighted by Gasteiger charge is 2.24. The lowest BCUT2D eigenvalue weighted by atomic mass is 9.97. The number of fused-ring (bicyclic) bond motifs is 6. The van der Waals surface area contributed by atoms with E-state index in [4.69, 9.17) is 4.42 Å². The Hall–Kier alpha value is -8.40. The Morgan fingerprint density at radius 1 is 0.317 bits per heavy atom. The molecule has 12 aromatic rings. The van der Waals surface area contributed by atoms with Crippen molar-refractivity contribution in [1.82, 2.24) is 4.57 Å². The van der Waals surface area contributed by atoms with Gasteiger partial charge in [-0.1, -0.05) is 182 Å². The minimum Gasteiger partial charge on any atom is -0.455 e. The fraction of sp³-hybridized carbons (Fsp3) is 0. The van der Waals surface area contributed by atoms with Gasteiger partial charge in [0.15, 0.2) is 0 Å². The lowest BCUT2D eigenvalue weighted by molar-refractivity contribution is 0.670. The van der Waals surface area contributed by atoms with Gasteiger partial charge in [0.05, 0.1) is 27.8 Å². The average Bonchev–Trinajstić information content (AvgIpc) is 3.92. The van der Waals surface area contributed by atoms with E-state index in [0.29, 0.717) is 0 Å². The molecule has 0 aliphatic rings. The predicted octanol–water partition coefficient (Wildman–Crippen LogP) is 16.8. The van der Waals surface area contributed by atoms with Crippen LogP contribution in [0.5, 0.6) is 0 Å². The van der Waals surface area contributed by atoms with Gasteiger partial charge in [0, 0.05) is 38.7 Å². The van der Waals surface area contributed by atoms with Crippen LogP contribution in [0.3, 0.4) is 0 Å². The highest BCUT2D eigenvalue weighted by Crippen LogP contribution is 2.48. The Balaban J connectivity index is 1.04. The van der Waals surface area contributed by atoms with E-state index < -0.39 is 0 Å². The summed E-state index contributed by atoms with van der Waals surface area (Å²) in [6, 6.07) is 86.9. The van der Waals surface area contributed by atoms with E-state index in [1.54, 1.807) is 0 Å². The predicted molar refractivity (Wildman–Crippen MR) is 264 cm³/mol. The molecule has 2 heterocycles. The fourth-order valence-corrected chi connectivity index (χ4v) is 9.44. The smallest absolute Gasteiger partial charge is 0.145 e. The van der Waals surface area contributed by atoms with Crippen molar-refractivity contribution in [2.24, 2.45) is 0 Å². The van der Waals surface area contributed by atoms with Crippen LogP contribution in [0.25, 0.3) is 93.9 Å². The first-order valence-electron chi connectivity index (χ1n) is 21.5. The number of para-hydroxylation sites is 4. The van der Waals surface area contributed by atoms with Crippen LogP contribution in [0.15, 0.2) is 247 Å². The van der Waals surface area contributed by atoms with Crippen molar-refractivity contribution in [3.8, 4) is 50.2 Å². The number of aromatic nitrogens is 1. The summed E-state index contributed by atoms with van der Waals surface area (Å²) >= 11 is 0. The van der Waals surface area contributed by atoms with Crippen LogP contribution < -0.4 is 4.90 Å². The van der Waals surface area contributed by atoms with Gasteiger partial charge < -0.3 is 13.9 Å². The molecule has 0 radical (unpaired) electrons. The van der Waals surface area contributed by atoms with Crippen molar-refractivity contribution in [2.75, 3.05) is 4.90 Å². The van der Waals surface area contributed by atoms with Crippen LogP contribution in [0.1, 0.15) is 0 Å². The quantitative estimate of drug-likeness (QED) is 0.153. The molecule has 3 heteroatoms. The maximum absolute atomic E-state index is 7.01. The van der Waals surface area contributed by atoms with Crippen molar-refractivity contribution in [3.63, 3.8) is 0 Å². The van der Waals surface area contributed by atoms with Crippen LogP contribution in [0.2, 0.25) is 0 Å².